The smallest absolute Gasteiger partial charge is 0.242 e. The quantitative estimate of drug-likeness (QED) is 0.785. The van der Waals surface area contributed by atoms with E-state index >= 15 is 0 Å². The van der Waals surface area contributed by atoms with E-state index in [1.54, 1.807) is 6.07 Å². The summed E-state index contributed by atoms with van der Waals surface area (Å²) in [5.74, 6) is 0.516. The minimum atomic E-state index is -3.65. The van der Waals surface area contributed by atoms with Crippen LogP contribution in [0, 0.1) is 0 Å². The molecule has 0 unspecified atom stereocenters. The summed E-state index contributed by atoms with van der Waals surface area (Å²) >= 11 is 4.83. The van der Waals surface area contributed by atoms with Crippen molar-refractivity contribution in [3.05, 3.63) is 39.0 Å². The summed E-state index contributed by atoms with van der Waals surface area (Å²) in [4.78, 5) is 0.951. The van der Waals surface area contributed by atoms with E-state index in [1.165, 1.54) is 30.6 Å². The molecule has 0 atom stereocenters. The van der Waals surface area contributed by atoms with Crippen molar-refractivity contribution in [2.75, 3.05) is 12.8 Å². The van der Waals surface area contributed by atoms with Crippen LogP contribution in [0.25, 0.3) is 0 Å². The summed E-state index contributed by atoms with van der Waals surface area (Å²) in [5.41, 5.74) is 5.91. The zero-order valence-electron chi connectivity index (χ0n) is 10.6. The van der Waals surface area contributed by atoms with E-state index in [0.29, 0.717) is 5.75 Å². The number of ether oxygens (including phenoxy) is 1. The lowest BCUT2D eigenvalue weighted by Crippen LogP contribution is -2.23. The van der Waals surface area contributed by atoms with E-state index in [2.05, 4.69) is 20.7 Å². The number of sulfonamides is 1. The molecule has 1 heterocycles. The van der Waals surface area contributed by atoms with E-state index in [4.69, 9.17) is 10.5 Å². The van der Waals surface area contributed by atoms with Crippen molar-refractivity contribution >= 4 is 43.0 Å². The number of nitrogens with one attached hydrogen (secondary N) is 1. The number of hydrogen-bond acceptors (Lipinski definition) is 5. The summed E-state index contributed by atoms with van der Waals surface area (Å²) in [6.45, 7) is 0.214. The maximum Gasteiger partial charge on any atom is 0.242 e. The van der Waals surface area contributed by atoms with E-state index in [9.17, 15) is 8.42 Å². The van der Waals surface area contributed by atoms with Gasteiger partial charge in [0.25, 0.3) is 0 Å². The molecule has 0 fully saturated rings. The molecule has 0 amide bonds. The first-order valence-electron chi connectivity index (χ1n) is 5.59. The van der Waals surface area contributed by atoms with E-state index in [0.717, 1.165) is 9.35 Å². The third kappa shape index (κ3) is 3.32. The lowest BCUT2D eigenvalue weighted by atomic mass is 10.3. The number of rotatable bonds is 5. The normalized spacial score (nSPS) is 11.5. The van der Waals surface area contributed by atoms with Gasteiger partial charge in [-0.1, -0.05) is 0 Å². The molecule has 3 N–H and O–H groups in total. The number of methoxy groups -OCH3 is 1. The fourth-order valence-electron chi connectivity index (χ4n) is 1.59. The molecule has 0 spiro atoms. The Labute approximate surface area is 129 Å². The molecule has 108 valence electrons. The second-order valence-corrected chi connectivity index (χ2v) is 7.51. The lowest BCUT2D eigenvalue weighted by Gasteiger charge is -2.10. The number of nitrogens with two attached hydrogens (primary N) is 1. The molecular weight excluding hydrogens is 364 g/mol. The molecule has 0 aliphatic rings. The van der Waals surface area contributed by atoms with Crippen molar-refractivity contribution in [3.63, 3.8) is 0 Å². The first-order chi connectivity index (χ1) is 9.44. The Kier molecular flexibility index (Phi) is 4.69. The number of benzene rings is 1. The third-order valence-electron chi connectivity index (χ3n) is 2.62. The van der Waals surface area contributed by atoms with Gasteiger partial charge in [-0.2, -0.15) is 0 Å². The van der Waals surface area contributed by atoms with Crippen LogP contribution in [-0.4, -0.2) is 15.5 Å². The van der Waals surface area contributed by atoms with Crippen LogP contribution in [0.3, 0.4) is 0 Å². The molecule has 20 heavy (non-hydrogen) atoms. The molecular formula is C12H13BrN2O3S2. The van der Waals surface area contributed by atoms with Gasteiger partial charge >= 0.3 is 0 Å². The van der Waals surface area contributed by atoms with Gasteiger partial charge in [0.1, 0.15) is 10.6 Å². The predicted octanol–water partition coefficient (Wildman–Crippen LogP) is 2.58. The fraction of sp³-hybridized carbons (Fsp3) is 0.167. The van der Waals surface area contributed by atoms with Gasteiger partial charge in [-0.15, -0.1) is 11.3 Å². The molecule has 1 aromatic heterocycles. The second kappa shape index (κ2) is 6.13. The first-order valence-corrected chi connectivity index (χ1v) is 8.74. The van der Waals surface area contributed by atoms with Crippen LogP contribution in [0.2, 0.25) is 0 Å². The standard InChI is InChI=1S/C12H13BrN2O3S2/c1-18-8-2-3-12(10(14)6-8)20(16,17)15-7-11-9(13)4-5-19-11/h2-6,15H,7,14H2,1H3. The zero-order valence-corrected chi connectivity index (χ0v) is 13.8. The van der Waals surface area contributed by atoms with Crippen LogP contribution >= 0.6 is 27.3 Å². The van der Waals surface area contributed by atoms with Gasteiger partial charge in [0.2, 0.25) is 10.0 Å². The average molecular weight is 377 g/mol. The highest BCUT2D eigenvalue weighted by molar-refractivity contribution is 9.10. The third-order valence-corrected chi connectivity index (χ3v) is 6.02. The number of nitrogen functional groups attached to an aromatic ring is 1. The van der Waals surface area contributed by atoms with Gasteiger partial charge < -0.3 is 10.5 Å². The van der Waals surface area contributed by atoms with Crippen LogP contribution in [0.5, 0.6) is 5.75 Å². The summed E-state index contributed by atoms with van der Waals surface area (Å²) in [6, 6.07) is 6.34. The minimum absolute atomic E-state index is 0.0472. The topological polar surface area (TPSA) is 81.4 Å². The summed E-state index contributed by atoms with van der Waals surface area (Å²) in [5, 5.41) is 1.88. The van der Waals surface area contributed by atoms with Gasteiger partial charge in [-0.25, -0.2) is 13.1 Å². The van der Waals surface area contributed by atoms with Crippen molar-refractivity contribution in [1.29, 1.82) is 0 Å². The molecule has 2 rings (SSSR count). The van der Waals surface area contributed by atoms with Crippen molar-refractivity contribution in [3.8, 4) is 5.75 Å². The Morgan fingerprint density at radius 1 is 1.40 bits per heavy atom. The molecule has 0 bridgehead atoms. The average Bonchev–Trinajstić information content (AvgIpc) is 2.81. The predicted molar refractivity (Wildman–Crippen MR) is 83.5 cm³/mol. The monoisotopic (exact) mass is 376 g/mol. The minimum Gasteiger partial charge on any atom is -0.497 e. The van der Waals surface area contributed by atoms with Crippen molar-refractivity contribution in [2.24, 2.45) is 0 Å². The van der Waals surface area contributed by atoms with E-state index < -0.39 is 10.0 Å². The molecule has 0 aliphatic heterocycles. The van der Waals surface area contributed by atoms with Gasteiger partial charge in [-0.3, -0.25) is 0 Å². The van der Waals surface area contributed by atoms with Crippen LogP contribution in [-0.2, 0) is 16.6 Å². The maximum absolute atomic E-state index is 12.2. The maximum atomic E-state index is 12.2. The number of hydrogen-bond donors (Lipinski definition) is 2. The van der Waals surface area contributed by atoms with Crippen LogP contribution in [0.1, 0.15) is 4.88 Å². The van der Waals surface area contributed by atoms with Crippen molar-refractivity contribution in [1.82, 2.24) is 4.72 Å². The van der Waals surface area contributed by atoms with Crippen molar-refractivity contribution < 1.29 is 13.2 Å². The Hall–Kier alpha value is -1.09. The number of anilines is 1. The van der Waals surface area contributed by atoms with E-state index in [-0.39, 0.29) is 17.1 Å². The Morgan fingerprint density at radius 3 is 2.70 bits per heavy atom. The molecule has 2 aromatic rings. The van der Waals surface area contributed by atoms with E-state index in [1.807, 2.05) is 11.4 Å². The highest BCUT2D eigenvalue weighted by Crippen LogP contribution is 2.25. The Bertz CT molecular complexity index is 713. The largest absolute Gasteiger partial charge is 0.497 e. The van der Waals surface area contributed by atoms with Gasteiger partial charge in [0.15, 0.2) is 0 Å². The highest BCUT2D eigenvalue weighted by Gasteiger charge is 2.18. The first kappa shape index (κ1) is 15.3. The van der Waals surface area contributed by atoms with Gasteiger partial charge in [-0.05, 0) is 39.5 Å². The molecule has 0 saturated carbocycles. The van der Waals surface area contributed by atoms with Gasteiger partial charge in [0.05, 0.1) is 12.8 Å². The second-order valence-electron chi connectivity index (χ2n) is 3.92. The van der Waals surface area contributed by atoms with Crippen LogP contribution in [0.4, 0.5) is 5.69 Å². The Balaban J connectivity index is 2.20. The van der Waals surface area contributed by atoms with Gasteiger partial charge in [0, 0.05) is 22.0 Å². The molecule has 1 aromatic carbocycles. The molecule has 0 saturated heterocycles. The molecule has 0 aliphatic carbocycles. The number of thiophene rings is 1. The highest BCUT2D eigenvalue weighted by atomic mass is 79.9. The zero-order chi connectivity index (χ0) is 14.8. The van der Waals surface area contributed by atoms with Crippen LogP contribution in [0.15, 0.2) is 39.0 Å². The summed E-state index contributed by atoms with van der Waals surface area (Å²) in [6.07, 6.45) is 0. The van der Waals surface area contributed by atoms with Crippen LogP contribution < -0.4 is 15.2 Å². The molecule has 8 heteroatoms. The number of halogens is 1. The Morgan fingerprint density at radius 2 is 2.15 bits per heavy atom. The fourth-order valence-corrected chi connectivity index (χ4v) is 4.22. The molecule has 5 nitrogen and oxygen atoms in total. The van der Waals surface area contributed by atoms with Crippen molar-refractivity contribution in [2.45, 2.75) is 11.4 Å². The summed E-state index contributed by atoms with van der Waals surface area (Å²) < 4.78 is 32.8. The lowest BCUT2D eigenvalue weighted by molar-refractivity contribution is 0.414. The molecule has 0 radical (unpaired) electrons. The summed E-state index contributed by atoms with van der Waals surface area (Å²) in [7, 11) is -2.16. The SMILES string of the molecule is COc1ccc(S(=O)(=O)NCc2sccc2Br)c(N)c1.